The molecule has 1 saturated heterocycles. The zero-order valence-corrected chi connectivity index (χ0v) is 9.35. The number of carbonyl (C=O) groups excluding carboxylic acids is 1. The smallest absolute Gasteiger partial charge is 0.217 e. The molecule has 0 aliphatic carbocycles. The first kappa shape index (κ1) is 11.1. The van der Waals surface area contributed by atoms with E-state index in [1.807, 2.05) is 12.1 Å². The van der Waals surface area contributed by atoms with Crippen LogP contribution in [0.1, 0.15) is 12.5 Å². The molecule has 0 spiro atoms. The first-order chi connectivity index (χ1) is 7.75. The summed E-state index contributed by atoms with van der Waals surface area (Å²) in [5.74, 6) is 0.376. The molecule has 1 fully saturated rings. The van der Waals surface area contributed by atoms with Gasteiger partial charge >= 0.3 is 0 Å². The summed E-state index contributed by atoms with van der Waals surface area (Å²) in [7, 11) is 0. The van der Waals surface area contributed by atoms with Crippen LogP contribution < -0.4 is 5.32 Å². The van der Waals surface area contributed by atoms with Gasteiger partial charge in [-0.3, -0.25) is 9.78 Å². The highest BCUT2D eigenvalue weighted by atomic mass is 16.5. The Balaban J connectivity index is 1.96. The third kappa shape index (κ3) is 2.79. The van der Waals surface area contributed by atoms with Crippen LogP contribution in [0.25, 0.3) is 0 Å². The normalized spacial score (nSPS) is 24.3. The van der Waals surface area contributed by atoms with Gasteiger partial charge in [0.15, 0.2) is 0 Å². The summed E-state index contributed by atoms with van der Waals surface area (Å²) in [5, 5.41) is 2.93. The van der Waals surface area contributed by atoms with Gasteiger partial charge in [0.2, 0.25) is 5.91 Å². The van der Waals surface area contributed by atoms with Gasteiger partial charge in [-0.1, -0.05) is 0 Å². The van der Waals surface area contributed by atoms with Crippen LogP contribution in [0, 0.1) is 5.92 Å². The minimum absolute atomic E-state index is 0.00947. The van der Waals surface area contributed by atoms with E-state index in [9.17, 15) is 4.79 Å². The number of carbonyl (C=O) groups is 1. The molecule has 0 radical (unpaired) electrons. The molecule has 86 valence electrons. The van der Waals surface area contributed by atoms with Gasteiger partial charge in [-0.25, -0.2) is 0 Å². The Morgan fingerprint density at radius 2 is 2.25 bits per heavy atom. The van der Waals surface area contributed by atoms with E-state index < -0.39 is 0 Å². The van der Waals surface area contributed by atoms with Crippen molar-refractivity contribution in [2.75, 3.05) is 13.2 Å². The molecule has 1 aromatic heterocycles. The van der Waals surface area contributed by atoms with Crippen LogP contribution in [0.2, 0.25) is 0 Å². The van der Waals surface area contributed by atoms with Crippen molar-refractivity contribution in [3.8, 4) is 0 Å². The van der Waals surface area contributed by atoms with Crippen molar-refractivity contribution in [2.24, 2.45) is 5.92 Å². The molecule has 1 aliphatic heterocycles. The Morgan fingerprint density at radius 1 is 1.50 bits per heavy atom. The monoisotopic (exact) mass is 220 g/mol. The van der Waals surface area contributed by atoms with Gasteiger partial charge in [0, 0.05) is 25.2 Å². The molecule has 4 heteroatoms. The fraction of sp³-hybridized carbons (Fsp3) is 0.500. The Labute approximate surface area is 95.0 Å². The highest BCUT2D eigenvalue weighted by molar-refractivity contribution is 5.73. The number of amides is 1. The molecule has 0 saturated carbocycles. The van der Waals surface area contributed by atoms with Gasteiger partial charge in [-0.15, -0.1) is 0 Å². The van der Waals surface area contributed by atoms with Crippen molar-refractivity contribution in [3.63, 3.8) is 0 Å². The summed E-state index contributed by atoms with van der Waals surface area (Å²) in [6.07, 6.45) is 4.50. The van der Waals surface area contributed by atoms with E-state index in [1.165, 1.54) is 5.56 Å². The molecule has 4 nitrogen and oxygen atoms in total. The molecule has 2 rings (SSSR count). The van der Waals surface area contributed by atoms with Crippen LogP contribution in [-0.4, -0.2) is 30.1 Å². The first-order valence-electron chi connectivity index (χ1n) is 5.49. The van der Waals surface area contributed by atoms with E-state index in [2.05, 4.69) is 10.3 Å². The third-order valence-corrected chi connectivity index (χ3v) is 2.83. The van der Waals surface area contributed by atoms with Crippen molar-refractivity contribution in [1.29, 1.82) is 0 Å². The molecule has 0 bridgehead atoms. The van der Waals surface area contributed by atoms with E-state index in [0.29, 0.717) is 19.1 Å². The third-order valence-electron chi connectivity index (χ3n) is 2.83. The highest BCUT2D eigenvalue weighted by Crippen LogP contribution is 2.18. The lowest BCUT2D eigenvalue weighted by molar-refractivity contribution is -0.119. The average molecular weight is 220 g/mol. The van der Waals surface area contributed by atoms with Crippen molar-refractivity contribution in [2.45, 2.75) is 19.4 Å². The van der Waals surface area contributed by atoms with E-state index in [1.54, 1.807) is 19.3 Å². The fourth-order valence-electron chi connectivity index (χ4n) is 2.04. The molecule has 0 unspecified atom stereocenters. The van der Waals surface area contributed by atoms with Gasteiger partial charge in [0.05, 0.1) is 19.3 Å². The van der Waals surface area contributed by atoms with Crippen LogP contribution in [0.5, 0.6) is 0 Å². The molecule has 16 heavy (non-hydrogen) atoms. The fourth-order valence-corrected chi connectivity index (χ4v) is 2.04. The second-order valence-electron chi connectivity index (χ2n) is 4.16. The van der Waals surface area contributed by atoms with E-state index in [-0.39, 0.29) is 11.9 Å². The Morgan fingerprint density at radius 3 is 2.94 bits per heavy atom. The topological polar surface area (TPSA) is 51.2 Å². The minimum atomic E-state index is 0.00947. The second kappa shape index (κ2) is 5.07. The summed E-state index contributed by atoms with van der Waals surface area (Å²) in [4.78, 5) is 15.0. The van der Waals surface area contributed by atoms with E-state index in [4.69, 9.17) is 4.74 Å². The molecule has 1 N–H and O–H groups in total. The van der Waals surface area contributed by atoms with E-state index >= 15 is 0 Å². The lowest BCUT2D eigenvalue weighted by Crippen LogP contribution is -2.39. The summed E-state index contributed by atoms with van der Waals surface area (Å²) >= 11 is 0. The van der Waals surface area contributed by atoms with Gasteiger partial charge in [0.1, 0.15) is 0 Å². The SMILES string of the molecule is CC(=O)N[C@H]1COC[C@H]1Cc1ccncc1. The maximum atomic E-state index is 11.0. The van der Waals surface area contributed by atoms with Gasteiger partial charge in [-0.2, -0.15) is 0 Å². The number of nitrogens with one attached hydrogen (secondary N) is 1. The van der Waals surface area contributed by atoms with Gasteiger partial charge in [-0.05, 0) is 24.1 Å². The van der Waals surface area contributed by atoms with Crippen LogP contribution in [0.4, 0.5) is 0 Å². The summed E-state index contributed by atoms with van der Waals surface area (Å²) in [5.41, 5.74) is 1.24. The van der Waals surface area contributed by atoms with Crippen LogP contribution in [0.15, 0.2) is 24.5 Å². The number of ether oxygens (including phenoxy) is 1. The quantitative estimate of drug-likeness (QED) is 0.818. The van der Waals surface area contributed by atoms with Crippen molar-refractivity contribution >= 4 is 5.91 Å². The zero-order chi connectivity index (χ0) is 11.4. The Hall–Kier alpha value is -1.42. The standard InChI is InChI=1S/C12H16N2O2/c1-9(15)14-12-8-16-7-11(12)6-10-2-4-13-5-3-10/h2-5,11-12H,6-8H2,1H3,(H,14,15)/t11-,12+/m1/s1. The Kier molecular flexibility index (Phi) is 3.51. The highest BCUT2D eigenvalue weighted by Gasteiger charge is 2.28. The lowest BCUT2D eigenvalue weighted by Gasteiger charge is -2.17. The number of hydrogen-bond acceptors (Lipinski definition) is 3. The molecular weight excluding hydrogens is 204 g/mol. The molecule has 1 aromatic rings. The summed E-state index contributed by atoms with van der Waals surface area (Å²) < 4.78 is 5.41. The maximum absolute atomic E-state index is 11.0. The predicted molar refractivity (Wildman–Crippen MR) is 59.9 cm³/mol. The van der Waals surface area contributed by atoms with Crippen LogP contribution in [0.3, 0.4) is 0 Å². The van der Waals surface area contributed by atoms with Crippen LogP contribution >= 0.6 is 0 Å². The summed E-state index contributed by atoms with van der Waals surface area (Å²) in [6.45, 7) is 2.88. The van der Waals surface area contributed by atoms with Crippen molar-refractivity contribution in [1.82, 2.24) is 10.3 Å². The number of rotatable bonds is 3. The molecule has 1 aliphatic rings. The second-order valence-corrected chi connectivity index (χ2v) is 4.16. The van der Waals surface area contributed by atoms with Crippen molar-refractivity contribution < 1.29 is 9.53 Å². The van der Waals surface area contributed by atoms with Gasteiger partial charge < -0.3 is 10.1 Å². The average Bonchev–Trinajstić information content (AvgIpc) is 2.66. The van der Waals surface area contributed by atoms with Crippen molar-refractivity contribution in [3.05, 3.63) is 30.1 Å². The Bertz CT molecular complexity index is 353. The number of pyridine rings is 1. The lowest BCUT2D eigenvalue weighted by atomic mass is 9.95. The largest absolute Gasteiger partial charge is 0.379 e. The zero-order valence-electron chi connectivity index (χ0n) is 9.35. The number of hydrogen-bond donors (Lipinski definition) is 1. The molecule has 1 amide bonds. The first-order valence-corrected chi connectivity index (χ1v) is 5.49. The number of aromatic nitrogens is 1. The molecule has 0 aromatic carbocycles. The molecule has 2 heterocycles. The summed E-state index contributed by atoms with van der Waals surface area (Å²) in [6, 6.07) is 4.15. The maximum Gasteiger partial charge on any atom is 0.217 e. The minimum Gasteiger partial charge on any atom is -0.379 e. The van der Waals surface area contributed by atoms with Crippen LogP contribution in [-0.2, 0) is 16.0 Å². The predicted octanol–water partition coefficient (Wildman–Crippen LogP) is 0.775. The molecule has 2 atom stereocenters. The molecular formula is C12H16N2O2. The van der Waals surface area contributed by atoms with E-state index in [0.717, 1.165) is 6.42 Å². The van der Waals surface area contributed by atoms with Gasteiger partial charge in [0.25, 0.3) is 0 Å². The number of nitrogens with zero attached hydrogens (tertiary/aromatic N) is 1.